The van der Waals surface area contributed by atoms with Crippen LogP contribution in [0.25, 0.3) is 5.76 Å². The molecule has 2 aromatic rings. The largest absolute Gasteiger partial charge is 0.507 e. The van der Waals surface area contributed by atoms with Crippen LogP contribution in [-0.2, 0) is 14.3 Å². The predicted molar refractivity (Wildman–Crippen MR) is 124 cm³/mol. The molecule has 6 nitrogen and oxygen atoms in total. The van der Waals surface area contributed by atoms with E-state index in [9.17, 15) is 14.7 Å². The Kier molecular flexibility index (Phi) is 7.70. The Hall–Kier alpha value is -3.12. The summed E-state index contributed by atoms with van der Waals surface area (Å²) < 4.78 is 10.7. The van der Waals surface area contributed by atoms with Gasteiger partial charge in [0.15, 0.2) is 0 Å². The van der Waals surface area contributed by atoms with Gasteiger partial charge >= 0.3 is 0 Å². The number of ketones is 1. The summed E-state index contributed by atoms with van der Waals surface area (Å²) in [6.45, 7) is 7.57. The molecule has 0 radical (unpaired) electrons. The average molecular weight is 438 g/mol. The maximum Gasteiger partial charge on any atom is 0.295 e. The van der Waals surface area contributed by atoms with E-state index < -0.39 is 17.7 Å². The van der Waals surface area contributed by atoms with Crippen LogP contribution in [-0.4, -0.2) is 48.6 Å². The Morgan fingerprint density at radius 1 is 1.12 bits per heavy atom. The van der Waals surface area contributed by atoms with Gasteiger partial charge in [-0.15, -0.1) is 0 Å². The molecule has 1 atom stereocenters. The molecular weight excluding hydrogens is 406 g/mol. The van der Waals surface area contributed by atoms with E-state index in [1.807, 2.05) is 31.2 Å². The number of aliphatic hydroxyl groups excluding tert-OH is 1. The van der Waals surface area contributed by atoms with Crippen molar-refractivity contribution in [1.29, 1.82) is 0 Å². The van der Waals surface area contributed by atoms with E-state index in [2.05, 4.69) is 13.8 Å². The highest BCUT2D eigenvalue weighted by Gasteiger charge is 2.45. The molecule has 1 saturated heterocycles. The van der Waals surface area contributed by atoms with Crippen LogP contribution >= 0.6 is 0 Å². The Balaban J connectivity index is 2.07. The third-order valence-corrected chi connectivity index (χ3v) is 5.69. The number of hydrogen-bond donors (Lipinski definition) is 1. The molecule has 1 unspecified atom stereocenters. The van der Waals surface area contributed by atoms with Gasteiger partial charge in [-0.25, -0.2) is 0 Å². The molecule has 1 aliphatic heterocycles. The van der Waals surface area contributed by atoms with E-state index >= 15 is 0 Å². The molecule has 32 heavy (non-hydrogen) atoms. The van der Waals surface area contributed by atoms with Crippen LogP contribution in [0.2, 0.25) is 0 Å². The monoisotopic (exact) mass is 437 g/mol. The minimum absolute atomic E-state index is 0.0944. The van der Waals surface area contributed by atoms with Crippen LogP contribution < -0.4 is 4.74 Å². The number of rotatable bonds is 9. The number of carbonyl (C=O) groups is 2. The number of ether oxygens (including phenoxy) is 2. The van der Waals surface area contributed by atoms with Crippen LogP contribution in [0.5, 0.6) is 5.75 Å². The fourth-order valence-corrected chi connectivity index (χ4v) is 3.93. The smallest absolute Gasteiger partial charge is 0.295 e. The van der Waals surface area contributed by atoms with E-state index in [4.69, 9.17) is 9.47 Å². The summed E-state index contributed by atoms with van der Waals surface area (Å²) in [6.07, 6.45) is 0.598. The fourth-order valence-electron chi connectivity index (χ4n) is 3.93. The van der Waals surface area contributed by atoms with E-state index in [-0.39, 0.29) is 11.3 Å². The third kappa shape index (κ3) is 4.86. The van der Waals surface area contributed by atoms with Gasteiger partial charge in [-0.1, -0.05) is 50.2 Å². The van der Waals surface area contributed by atoms with Crippen molar-refractivity contribution in [2.24, 2.45) is 0 Å². The summed E-state index contributed by atoms with van der Waals surface area (Å²) in [7, 11) is 1.53. The maximum absolute atomic E-state index is 13.1. The fraction of sp³-hybridized carbons (Fsp3) is 0.385. The molecule has 2 aromatic carbocycles. The first-order valence-corrected chi connectivity index (χ1v) is 11.0. The van der Waals surface area contributed by atoms with Crippen molar-refractivity contribution in [2.75, 3.05) is 26.9 Å². The molecule has 0 bridgehead atoms. The van der Waals surface area contributed by atoms with Crippen LogP contribution in [0, 0.1) is 0 Å². The van der Waals surface area contributed by atoms with Gasteiger partial charge in [0.25, 0.3) is 11.7 Å². The number of benzene rings is 2. The van der Waals surface area contributed by atoms with Crippen LogP contribution in [0.15, 0.2) is 54.1 Å². The standard InChI is InChI=1S/C26H31NO5/c1-5-32-15-7-14-27-23(19-12-10-18(11-13-19)17(2)3)22(25(29)26(27)30)24(28)20-8-6-9-21(16-20)31-4/h6,8-13,16-17,23,28H,5,7,14-15H2,1-4H3/b24-22+. The van der Waals surface area contributed by atoms with E-state index in [1.165, 1.54) is 12.0 Å². The van der Waals surface area contributed by atoms with E-state index in [0.717, 1.165) is 11.1 Å². The van der Waals surface area contributed by atoms with Gasteiger partial charge in [-0.3, -0.25) is 9.59 Å². The van der Waals surface area contributed by atoms with Gasteiger partial charge in [0.05, 0.1) is 18.7 Å². The summed E-state index contributed by atoms with van der Waals surface area (Å²) in [4.78, 5) is 27.6. The quantitative estimate of drug-likeness (QED) is 0.267. The average Bonchev–Trinajstić information content (AvgIpc) is 3.06. The van der Waals surface area contributed by atoms with E-state index in [1.54, 1.807) is 24.3 Å². The Morgan fingerprint density at radius 3 is 2.47 bits per heavy atom. The van der Waals surface area contributed by atoms with Crippen molar-refractivity contribution in [1.82, 2.24) is 4.90 Å². The number of amides is 1. The Morgan fingerprint density at radius 2 is 1.84 bits per heavy atom. The SMILES string of the molecule is CCOCCCN1C(=O)C(=O)/C(=C(/O)c2cccc(OC)c2)C1c1ccc(C(C)C)cc1. The molecule has 3 rings (SSSR count). The summed E-state index contributed by atoms with van der Waals surface area (Å²) in [5.74, 6) is -0.577. The summed E-state index contributed by atoms with van der Waals surface area (Å²) in [6, 6.07) is 14.0. The molecule has 1 aliphatic rings. The van der Waals surface area contributed by atoms with Crippen molar-refractivity contribution < 1.29 is 24.2 Å². The van der Waals surface area contributed by atoms with Gasteiger partial charge in [-0.05, 0) is 42.5 Å². The first-order chi connectivity index (χ1) is 15.4. The number of aliphatic hydroxyl groups is 1. The zero-order chi connectivity index (χ0) is 23.3. The third-order valence-electron chi connectivity index (χ3n) is 5.69. The highest BCUT2D eigenvalue weighted by atomic mass is 16.5. The molecular formula is C26H31NO5. The zero-order valence-electron chi connectivity index (χ0n) is 19.1. The van der Waals surface area contributed by atoms with Gasteiger partial charge in [0, 0.05) is 25.3 Å². The lowest BCUT2D eigenvalue weighted by Gasteiger charge is -2.25. The highest BCUT2D eigenvalue weighted by molar-refractivity contribution is 6.46. The highest BCUT2D eigenvalue weighted by Crippen LogP contribution is 2.40. The molecule has 1 heterocycles. The van der Waals surface area contributed by atoms with Gasteiger partial charge in [0.2, 0.25) is 0 Å². The second-order valence-corrected chi connectivity index (χ2v) is 8.10. The lowest BCUT2D eigenvalue weighted by Crippen LogP contribution is -2.31. The first kappa shape index (κ1) is 23.5. The number of likely N-dealkylation sites (tertiary alicyclic amines) is 1. The zero-order valence-corrected chi connectivity index (χ0v) is 19.1. The van der Waals surface area contributed by atoms with Gasteiger partial charge < -0.3 is 19.5 Å². The predicted octanol–water partition coefficient (Wildman–Crippen LogP) is 4.67. The molecule has 6 heteroatoms. The van der Waals surface area contributed by atoms with Crippen LogP contribution in [0.1, 0.15) is 55.8 Å². The second-order valence-electron chi connectivity index (χ2n) is 8.10. The molecule has 170 valence electrons. The number of carbonyl (C=O) groups excluding carboxylic acids is 2. The van der Waals surface area contributed by atoms with Crippen LogP contribution in [0.3, 0.4) is 0 Å². The first-order valence-electron chi connectivity index (χ1n) is 11.0. The minimum atomic E-state index is -0.681. The Bertz CT molecular complexity index is 994. The van der Waals surface area contributed by atoms with Crippen molar-refractivity contribution in [3.05, 3.63) is 70.8 Å². The minimum Gasteiger partial charge on any atom is -0.507 e. The summed E-state index contributed by atoms with van der Waals surface area (Å²) >= 11 is 0. The van der Waals surface area contributed by atoms with Crippen molar-refractivity contribution in [3.8, 4) is 5.75 Å². The van der Waals surface area contributed by atoms with Crippen molar-refractivity contribution in [2.45, 2.75) is 39.2 Å². The number of nitrogens with zero attached hydrogens (tertiary/aromatic N) is 1. The van der Waals surface area contributed by atoms with Gasteiger partial charge in [-0.2, -0.15) is 0 Å². The topological polar surface area (TPSA) is 76.1 Å². The van der Waals surface area contributed by atoms with Crippen molar-refractivity contribution in [3.63, 3.8) is 0 Å². The lowest BCUT2D eigenvalue weighted by atomic mass is 9.93. The van der Waals surface area contributed by atoms with E-state index in [0.29, 0.717) is 43.4 Å². The molecule has 0 saturated carbocycles. The molecule has 0 spiro atoms. The lowest BCUT2D eigenvalue weighted by molar-refractivity contribution is -0.140. The number of methoxy groups -OCH3 is 1. The van der Waals surface area contributed by atoms with Crippen LogP contribution in [0.4, 0.5) is 0 Å². The molecule has 0 aliphatic carbocycles. The summed E-state index contributed by atoms with van der Waals surface area (Å²) in [5, 5.41) is 11.1. The second kappa shape index (κ2) is 10.5. The number of Topliss-reactive ketones (excluding diaryl/α,β-unsaturated/α-hetero) is 1. The molecule has 1 N–H and O–H groups in total. The summed E-state index contributed by atoms with van der Waals surface area (Å²) in [5.41, 5.74) is 2.47. The Labute approximate surface area is 189 Å². The number of hydrogen-bond acceptors (Lipinski definition) is 5. The molecule has 1 fully saturated rings. The maximum atomic E-state index is 13.1. The normalized spacial score (nSPS) is 17.9. The van der Waals surface area contributed by atoms with Crippen molar-refractivity contribution >= 4 is 17.4 Å². The van der Waals surface area contributed by atoms with Gasteiger partial charge in [0.1, 0.15) is 11.5 Å². The molecule has 1 amide bonds. The molecule has 0 aromatic heterocycles.